The summed E-state index contributed by atoms with van der Waals surface area (Å²) in [6.45, 7) is 0. The minimum Gasteiger partial charge on any atom is -0.495 e. The molecule has 0 saturated heterocycles. The SMILES string of the molecule is COc1ccc2cc(N=C=S)nn2c1. The first-order chi connectivity index (χ1) is 6.83. The van der Waals surface area contributed by atoms with Crippen molar-refractivity contribution < 1.29 is 4.74 Å². The van der Waals surface area contributed by atoms with E-state index >= 15 is 0 Å². The van der Waals surface area contributed by atoms with Crippen LogP contribution >= 0.6 is 12.2 Å². The maximum Gasteiger partial charge on any atom is 0.185 e. The molecule has 0 aliphatic carbocycles. The molecule has 2 heterocycles. The highest BCUT2D eigenvalue weighted by atomic mass is 32.1. The number of hydrogen-bond donors (Lipinski definition) is 0. The Kier molecular flexibility index (Phi) is 2.26. The van der Waals surface area contributed by atoms with Crippen LogP contribution in [0.25, 0.3) is 5.52 Å². The number of nitrogens with zero attached hydrogens (tertiary/aromatic N) is 3. The molecule has 0 aliphatic heterocycles. The summed E-state index contributed by atoms with van der Waals surface area (Å²) in [4.78, 5) is 3.79. The van der Waals surface area contributed by atoms with Crippen molar-refractivity contribution >= 4 is 28.7 Å². The third kappa shape index (κ3) is 1.51. The lowest BCUT2D eigenvalue weighted by Gasteiger charge is -1.98. The fourth-order valence-electron chi connectivity index (χ4n) is 1.18. The third-order valence-corrected chi connectivity index (χ3v) is 1.91. The number of methoxy groups -OCH3 is 1. The van der Waals surface area contributed by atoms with E-state index in [1.165, 1.54) is 0 Å². The lowest BCUT2D eigenvalue weighted by molar-refractivity contribution is 0.411. The average Bonchev–Trinajstić information content (AvgIpc) is 2.59. The van der Waals surface area contributed by atoms with Crippen molar-refractivity contribution in [1.29, 1.82) is 0 Å². The number of hydrogen-bond acceptors (Lipinski definition) is 4. The second kappa shape index (κ2) is 3.57. The number of fused-ring (bicyclic) bond motifs is 1. The van der Waals surface area contributed by atoms with Crippen molar-refractivity contribution in [1.82, 2.24) is 9.61 Å². The summed E-state index contributed by atoms with van der Waals surface area (Å²) in [7, 11) is 1.61. The van der Waals surface area contributed by atoms with Gasteiger partial charge in [-0.15, -0.1) is 5.10 Å². The minimum absolute atomic E-state index is 0.549. The van der Waals surface area contributed by atoms with Crippen LogP contribution in [-0.4, -0.2) is 21.9 Å². The van der Waals surface area contributed by atoms with Crippen molar-refractivity contribution in [3.05, 3.63) is 24.4 Å². The molecular weight excluding hydrogens is 198 g/mol. The Morgan fingerprint density at radius 3 is 3.14 bits per heavy atom. The predicted molar refractivity (Wildman–Crippen MR) is 56.4 cm³/mol. The van der Waals surface area contributed by atoms with Crippen molar-refractivity contribution in [3.63, 3.8) is 0 Å². The van der Waals surface area contributed by atoms with Gasteiger partial charge < -0.3 is 4.74 Å². The van der Waals surface area contributed by atoms with E-state index in [4.69, 9.17) is 4.74 Å². The van der Waals surface area contributed by atoms with E-state index in [2.05, 4.69) is 27.5 Å². The van der Waals surface area contributed by atoms with Crippen LogP contribution in [0, 0.1) is 0 Å². The van der Waals surface area contributed by atoms with Gasteiger partial charge in [0, 0.05) is 6.07 Å². The molecule has 70 valence electrons. The van der Waals surface area contributed by atoms with Gasteiger partial charge in [0.15, 0.2) is 5.82 Å². The molecule has 14 heavy (non-hydrogen) atoms. The lowest BCUT2D eigenvalue weighted by Crippen LogP contribution is -1.89. The highest BCUT2D eigenvalue weighted by molar-refractivity contribution is 7.78. The summed E-state index contributed by atoms with van der Waals surface area (Å²) >= 11 is 4.50. The summed E-state index contributed by atoms with van der Waals surface area (Å²) in [6, 6.07) is 5.58. The highest BCUT2D eigenvalue weighted by Gasteiger charge is 2.00. The lowest BCUT2D eigenvalue weighted by atomic mass is 10.4. The Labute approximate surface area is 85.8 Å². The molecule has 0 fully saturated rings. The second-order valence-corrected chi connectivity index (χ2v) is 2.83. The fourth-order valence-corrected chi connectivity index (χ4v) is 1.27. The zero-order valence-electron chi connectivity index (χ0n) is 7.47. The number of aromatic nitrogens is 2. The molecule has 0 radical (unpaired) electrons. The number of isothiocyanates is 1. The average molecular weight is 205 g/mol. The quantitative estimate of drug-likeness (QED) is 0.556. The highest BCUT2D eigenvalue weighted by Crippen LogP contribution is 2.17. The number of rotatable bonds is 2. The molecule has 0 unspecified atom stereocenters. The van der Waals surface area contributed by atoms with Gasteiger partial charge in [0.05, 0.1) is 24.0 Å². The summed E-state index contributed by atoms with van der Waals surface area (Å²) in [5, 5.41) is 6.43. The van der Waals surface area contributed by atoms with Crippen molar-refractivity contribution in [3.8, 4) is 5.75 Å². The molecule has 0 aliphatic rings. The Hall–Kier alpha value is -1.71. The molecule has 0 aromatic carbocycles. The van der Waals surface area contributed by atoms with Crippen LogP contribution in [0.15, 0.2) is 29.4 Å². The molecule has 2 aromatic heterocycles. The van der Waals surface area contributed by atoms with E-state index in [1.807, 2.05) is 18.2 Å². The van der Waals surface area contributed by atoms with Gasteiger partial charge in [0.2, 0.25) is 0 Å². The molecule has 0 saturated carbocycles. The number of ether oxygens (including phenoxy) is 1. The first kappa shape index (κ1) is 8.87. The first-order valence-electron chi connectivity index (χ1n) is 3.95. The van der Waals surface area contributed by atoms with Crippen LogP contribution < -0.4 is 4.74 Å². The van der Waals surface area contributed by atoms with Gasteiger partial charge in [-0.2, -0.15) is 4.99 Å². The van der Waals surface area contributed by atoms with Gasteiger partial charge in [0.1, 0.15) is 5.75 Å². The smallest absolute Gasteiger partial charge is 0.185 e. The Morgan fingerprint density at radius 2 is 2.43 bits per heavy atom. The topological polar surface area (TPSA) is 38.9 Å². The van der Waals surface area contributed by atoms with E-state index in [0.29, 0.717) is 5.82 Å². The molecule has 0 N–H and O–H groups in total. The Bertz CT molecular complexity index is 514. The normalized spacial score (nSPS) is 9.79. The van der Waals surface area contributed by atoms with Gasteiger partial charge in [-0.1, -0.05) is 0 Å². The second-order valence-electron chi connectivity index (χ2n) is 2.64. The largest absolute Gasteiger partial charge is 0.495 e. The molecule has 0 atom stereocenters. The standard InChI is InChI=1S/C9H7N3OS/c1-13-8-3-2-7-4-9(10-6-14)11-12(7)5-8/h2-5H,1H3. The van der Waals surface area contributed by atoms with Crippen molar-refractivity contribution in [2.24, 2.45) is 4.99 Å². The number of thiocarbonyl (C=S) groups is 1. The van der Waals surface area contributed by atoms with Crippen molar-refractivity contribution in [2.75, 3.05) is 7.11 Å². The molecule has 4 nitrogen and oxygen atoms in total. The zero-order chi connectivity index (χ0) is 9.97. The van der Waals surface area contributed by atoms with E-state index in [-0.39, 0.29) is 0 Å². The summed E-state index contributed by atoms with van der Waals surface area (Å²) in [5.41, 5.74) is 0.940. The molecule has 0 spiro atoms. The van der Waals surface area contributed by atoms with E-state index in [1.54, 1.807) is 17.8 Å². The third-order valence-electron chi connectivity index (χ3n) is 1.82. The monoisotopic (exact) mass is 205 g/mol. The molecule has 0 amide bonds. The predicted octanol–water partition coefficient (Wildman–Crippen LogP) is 2.08. The van der Waals surface area contributed by atoms with Gasteiger partial charge in [0.25, 0.3) is 0 Å². The Balaban J connectivity index is 2.59. The number of aliphatic imine (C=N–C) groups is 1. The van der Waals surface area contributed by atoms with Crippen LogP contribution in [0.5, 0.6) is 5.75 Å². The van der Waals surface area contributed by atoms with E-state index < -0.39 is 0 Å². The van der Waals surface area contributed by atoms with E-state index in [0.717, 1.165) is 11.3 Å². The fraction of sp³-hybridized carbons (Fsp3) is 0.111. The molecular formula is C9H7N3OS. The van der Waals surface area contributed by atoms with Crippen LogP contribution in [0.3, 0.4) is 0 Å². The summed E-state index contributed by atoms with van der Waals surface area (Å²) in [5.74, 6) is 1.30. The van der Waals surface area contributed by atoms with Crippen molar-refractivity contribution in [2.45, 2.75) is 0 Å². The number of pyridine rings is 1. The minimum atomic E-state index is 0.549. The summed E-state index contributed by atoms with van der Waals surface area (Å²) < 4.78 is 6.75. The summed E-state index contributed by atoms with van der Waals surface area (Å²) in [6.07, 6.45) is 1.78. The van der Waals surface area contributed by atoms with Crippen LogP contribution in [0.2, 0.25) is 0 Å². The van der Waals surface area contributed by atoms with Crippen LogP contribution in [0.1, 0.15) is 0 Å². The maximum atomic E-state index is 5.06. The van der Waals surface area contributed by atoms with Gasteiger partial charge in [-0.05, 0) is 24.4 Å². The van der Waals surface area contributed by atoms with E-state index in [9.17, 15) is 0 Å². The van der Waals surface area contributed by atoms with Crippen LogP contribution in [0.4, 0.5) is 5.82 Å². The van der Waals surface area contributed by atoms with Gasteiger partial charge in [-0.25, -0.2) is 4.52 Å². The molecule has 0 bridgehead atoms. The molecule has 2 aromatic rings. The maximum absolute atomic E-state index is 5.06. The molecule has 5 heteroatoms. The zero-order valence-corrected chi connectivity index (χ0v) is 8.28. The van der Waals surface area contributed by atoms with Gasteiger partial charge >= 0.3 is 0 Å². The van der Waals surface area contributed by atoms with Crippen LogP contribution in [-0.2, 0) is 0 Å². The molecule has 2 rings (SSSR count). The van der Waals surface area contributed by atoms with Gasteiger partial charge in [-0.3, -0.25) is 0 Å². The first-order valence-corrected chi connectivity index (χ1v) is 4.35. The Morgan fingerprint density at radius 1 is 1.57 bits per heavy atom.